The molecule has 2 aromatic carbocycles. The van der Waals surface area contributed by atoms with E-state index in [2.05, 4.69) is 0 Å². The number of hydrogen-bond acceptors (Lipinski definition) is 1. The van der Waals surface area contributed by atoms with Gasteiger partial charge in [-0.05, 0) is 42.7 Å². The lowest BCUT2D eigenvalue weighted by Crippen LogP contribution is -2.06. The molecule has 0 atom stereocenters. The monoisotopic (exact) mass is 313 g/mol. The van der Waals surface area contributed by atoms with Gasteiger partial charge in [0, 0.05) is 16.8 Å². The van der Waals surface area contributed by atoms with E-state index in [-0.39, 0.29) is 17.3 Å². The number of fused-ring (bicyclic) bond motifs is 1. The van der Waals surface area contributed by atoms with Crippen LogP contribution in [0.1, 0.15) is 41.4 Å². The molecule has 23 heavy (non-hydrogen) atoms. The topological polar surface area (TPSA) is 22.0 Å². The number of halogens is 2. The number of nitrogens with zero attached hydrogens (tertiary/aromatic N) is 1. The van der Waals surface area contributed by atoms with Crippen LogP contribution in [0.5, 0.6) is 0 Å². The van der Waals surface area contributed by atoms with Crippen molar-refractivity contribution >= 4 is 16.9 Å². The van der Waals surface area contributed by atoms with Crippen LogP contribution >= 0.6 is 0 Å². The summed E-state index contributed by atoms with van der Waals surface area (Å²) >= 11 is 0. The van der Waals surface area contributed by atoms with Crippen molar-refractivity contribution in [1.82, 2.24) is 4.57 Å². The number of carbonyl (C=O) groups is 1. The van der Waals surface area contributed by atoms with Crippen molar-refractivity contribution in [1.29, 1.82) is 0 Å². The number of rotatable bonds is 3. The Morgan fingerprint density at radius 1 is 1.13 bits per heavy atom. The standard InChI is InChI=1S/C19H17F2NO/c1-11(2)18-17(19(21)23)14-6-4-5-7-16(14)22(18)13-8-9-15(20)12(3)10-13/h4-11H,1-3H3. The third-order valence-corrected chi connectivity index (χ3v) is 4.05. The molecule has 0 amide bonds. The first-order valence-corrected chi connectivity index (χ1v) is 7.51. The van der Waals surface area contributed by atoms with E-state index in [1.165, 1.54) is 6.07 Å². The zero-order valence-electron chi connectivity index (χ0n) is 13.2. The quantitative estimate of drug-likeness (QED) is 0.600. The third-order valence-electron chi connectivity index (χ3n) is 4.05. The predicted octanol–water partition coefficient (Wildman–Crippen LogP) is 5.31. The van der Waals surface area contributed by atoms with Crippen molar-refractivity contribution in [3.05, 3.63) is 65.1 Å². The van der Waals surface area contributed by atoms with Gasteiger partial charge >= 0.3 is 6.04 Å². The van der Waals surface area contributed by atoms with Gasteiger partial charge in [-0.3, -0.25) is 4.79 Å². The zero-order chi connectivity index (χ0) is 16.7. The van der Waals surface area contributed by atoms with Gasteiger partial charge in [0.15, 0.2) is 0 Å². The summed E-state index contributed by atoms with van der Waals surface area (Å²) in [5.74, 6) is -0.361. The Bertz CT molecular complexity index is 909. The van der Waals surface area contributed by atoms with E-state index in [0.717, 1.165) is 11.2 Å². The fourth-order valence-electron chi connectivity index (χ4n) is 3.06. The van der Waals surface area contributed by atoms with E-state index < -0.39 is 6.04 Å². The van der Waals surface area contributed by atoms with Gasteiger partial charge in [-0.15, -0.1) is 0 Å². The van der Waals surface area contributed by atoms with E-state index >= 15 is 0 Å². The molecular weight excluding hydrogens is 296 g/mol. The second kappa shape index (κ2) is 5.61. The first kappa shape index (κ1) is 15.4. The summed E-state index contributed by atoms with van der Waals surface area (Å²) in [5.41, 5.74) is 2.66. The molecule has 0 spiro atoms. The molecule has 0 aliphatic heterocycles. The lowest BCUT2D eigenvalue weighted by molar-refractivity contribution is 0.0836. The molecule has 118 valence electrons. The number of carbonyl (C=O) groups excluding carboxylic acids is 1. The molecule has 0 N–H and O–H groups in total. The van der Waals surface area contributed by atoms with Crippen LogP contribution in [0.2, 0.25) is 0 Å². The Hall–Kier alpha value is -2.49. The van der Waals surface area contributed by atoms with Crippen LogP contribution in [0.4, 0.5) is 8.78 Å². The summed E-state index contributed by atoms with van der Waals surface area (Å²) in [7, 11) is 0. The lowest BCUT2D eigenvalue weighted by atomic mass is 10.0. The van der Waals surface area contributed by atoms with E-state index in [9.17, 15) is 13.6 Å². The molecule has 4 heteroatoms. The first-order valence-electron chi connectivity index (χ1n) is 7.51. The molecule has 0 saturated heterocycles. The molecule has 0 radical (unpaired) electrons. The van der Waals surface area contributed by atoms with Gasteiger partial charge < -0.3 is 4.57 Å². The minimum atomic E-state index is -1.44. The van der Waals surface area contributed by atoms with Crippen molar-refractivity contribution < 1.29 is 13.6 Å². The van der Waals surface area contributed by atoms with Crippen LogP contribution < -0.4 is 0 Å². The van der Waals surface area contributed by atoms with Crippen molar-refractivity contribution in [3.63, 3.8) is 0 Å². The van der Waals surface area contributed by atoms with Gasteiger partial charge in [0.1, 0.15) is 5.82 Å². The number of hydrogen-bond donors (Lipinski definition) is 0. The summed E-state index contributed by atoms with van der Waals surface area (Å²) < 4.78 is 29.2. The smallest absolute Gasteiger partial charge is 0.312 e. The average molecular weight is 313 g/mol. The summed E-state index contributed by atoms with van der Waals surface area (Å²) in [6.07, 6.45) is 0. The Kier molecular flexibility index (Phi) is 3.76. The average Bonchev–Trinajstić information content (AvgIpc) is 2.85. The van der Waals surface area contributed by atoms with Gasteiger partial charge in [0.2, 0.25) is 0 Å². The molecule has 1 heterocycles. The minimum Gasteiger partial charge on any atom is -0.312 e. The highest BCUT2D eigenvalue weighted by Gasteiger charge is 2.25. The molecule has 3 aromatic rings. The molecule has 1 aromatic heterocycles. The highest BCUT2D eigenvalue weighted by Crippen LogP contribution is 2.34. The van der Waals surface area contributed by atoms with E-state index in [4.69, 9.17) is 0 Å². The van der Waals surface area contributed by atoms with E-state index in [0.29, 0.717) is 16.6 Å². The van der Waals surface area contributed by atoms with Crippen LogP contribution in [0.15, 0.2) is 42.5 Å². The summed E-state index contributed by atoms with van der Waals surface area (Å²) in [6.45, 7) is 5.50. The Balaban J connectivity index is 2.46. The van der Waals surface area contributed by atoms with Crippen LogP contribution in [-0.2, 0) is 0 Å². The molecule has 0 saturated carbocycles. The molecule has 0 bridgehead atoms. The molecular formula is C19H17F2NO. The maximum Gasteiger partial charge on any atom is 0.334 e. The largest absolute Gasteiger partial charge is 0.334 e. The van der Waals surface area contributed by atoms with Crippen LogP contribution in [0.25, 0.3) is 16.6 Å². The van der Waals surface area contributed by atoms with Crippen molar-refractivity contribution in [2.24, 2.45) is 0 Å². The lowest BCUT2D eigenvalue weighted by Gasteiger charge is -2.15. The van der Waals surface area contributed by atoms with Gasteiger partial charge in [-0.25, -0.2) is 4.39 Å². The fourth-order valence-corrected chi connectivity index (χ4v) is 3.06. The Morgan fingerprint density at radius 2 is 1.83 bits per heavy atom. The van der Waals surface area contributed by atoms with Crippen LogP contribution in [-0.4, -0.2) is 10.6 Å². The Labute approximate surface area is 133 Å². The van der Waals surface area contributed by atoms with Gasteiger partial charge in [0.25, 0.3) is 0 Å². The van der Waals surface area contributed by atoms with Crippen molar-refractivity contribution in [2.45, 2.75) is 26.7 Å². The third kappa shape index (κ3) is 2.44. The van der Waals surface area contributed by atoms with Crippen molar-refractivity contribution in [3.8, 4) is 5.69 Å². The van der Waals surface area contributed by atoms with E-state index in [1.807, 2.05) is 30.5 Å². The van der Waals surface area contributed by atoms with E-state index in [1.54, 1.807) is 31.2 Å². The second-order valence-electron chi connectivity index (χ2n) is 5.97. The molecule has 0 unspecified atom stereocenters. The molecule has 0 aliphatic rings. The zero-order valence-corrected chi connectivity index (χ0v) is 13.2. The minimum absolute atomic E-state index is 0.0672. The fraction of sp³-hybridized carbons (Fsp3) is 0.211. The summed E-state index contributed by atoms with van der Waals surface area (Å²) in [4.78, 5) is 11.6. The van der Waals surface area contributed by atoms with Crippen LogP contribution in [0.3, 0.4) is 0 Å². The normalized spacial score (nSPS) is 11.4. The molecule has 0 aliphatic carbocycles. The predicted molar refractivity (Wildman–Crippen MR) is 87.5 cm³/mol. The molecule has 3 rings (SSSR count). The maximum atomic E-state index is 13.7. The number of aromatic nitrogens is 1. The SMILES string of the molecule is Cc1cc(-n2c(C(C)C)c(C(=O)F)c3ccccc32)ccc1F. The Morgan fingerprint density at radius 3 is 2.43 bits per heavy atom. The molecule has 0 fully saturated rings. The van der Waals surface area contributed by atoms with Crippen molar-refractivity contribution in [2.75, 3.05) is 0 Å². The number of benzene rings is 2. The second-order valence-corrected chi connectivity index (χ2v) is 5.97. The van der Waals surface area contributed by atoms with Gasteiger partial charge in [-0.2, -0.15) is 4.39 Å². The number of aryl methyl sites for hydroxylation is 1. The first-order chi connectivity index (χ1) is 10.9. The highest BCUT2D eigenvalue weighted by atomic mass is 19.1. The molecule has 2 nitrogen and oxygen atoms in total. The van der Waals surface area contributed by atoms with Gasteiger partial charge in [0.05, 0.1) is 11.1 Å². The van der Waals surface area contributed by atoms with Gasteiger partial charge in [-0.1, -0.05) is 32.0 Å². The number of para-hydroxylation sites is 1. The highest BCUT2D eigenvalue weighted by molar-refractivity contribution is 6.06. The summed E-state index contributed by atoms with van der Waals surface area (Å²) in [6, 6.07) is 10.5. The van der Waals surface area contributed by atoms with Crippen LogP contribution in [0, 0.1) is 12.7 Å². The summed E-state index contributed by atoms with van der Waals surface area (Å²) in [5, 5.41) is 0.575. The maximum absolute atomic E-state index is 13.7.